The number of likely N-dealkylation sites (N-methyl/N-ethyl adjacent to an activating group) is 1. The summed E-state index contributed by atoms with van der Waals surface area (Å²) in [6.07, 6.45) is -13.7. The van der Waals surface area contributed by atoms with Crippen molar-refractivity contribution >= 4 is 16.0 Å². The van der Waals surface area contributed by atoms with E-state index in [9.17, 15) is 43.9 Å². The summed E-state index contributed by atoms with van der Waals surface area (Å²) in [6, 6.07) is 0. The van der Waals surface area contributed by atoms with Gasteiger partial charge in [0.1, 0.15) is 0 Å². The van der Waals surface area contributed by atoms with Crippen LogP contribution in [0.4, 0.5) is 30.7 Å². The minimum Gasteiger partial charge on any atom is -0.477 e. The fourth-order valence-electron chi connectivity index (χ4n) is 2.73. The summed E-state index contributed by atoms with van der Waals surface area (Å²) in [7, 11) is -0.743. The van der Waals surface area contributed by atoms with Crippen LogP contribution in [0.15, 0.2) is 0 Å². The van der Waals surface area contributed by atoms with Gasteiger partial charge in [0, 0.05) is 19.4 Å². The third-order valence-electron chi connectivity index (χ3n) is 4.47. The highest BCUT2D eigenvalue weighted by Gasteiger charge is 2.56. The number of carbonyl (C=O) groups is 1. The third kappa shape index (κ3) is 11.3. The molecule has 0 aromatic rings. The van der Waals surface area contributed by atoms with Gasteiger partial charge in [0.15, 0.2) is 6.54 Å². The monoisotopic (exact) mass is 477 g/mol. The molecule has 0 fully saturated rings. The molecule has 0 aromatic carbocycles. The lowest BCUT2D eigenvalue weighted by Gasteiger charge is -2.29. The first-order valence-corrected chi connectivity index (χ1v) is 10.7. The van der Waals surface area contributed by atoms with Crippen molar-refractivity contribution < 1.29 is 53.5 Å². The summed E-state index contributed by atoms with van der Waals surface area (Å²) >= 11 is 0. The molecular weight excluding hydrogens is 449 g/mol. The Bertz CT molecular complexity index is 661. The predicted molar refractivity (Wildman–Crippen MR) is 94.8 cm³/mol. The molecule has 14 heteroatoms. The molecule has 0 saturated heterocycles. The zero-order valence-corrected chi connectivity index (χ0v) is 17.7. The van der Waals surface area contributed by atoms with Crippen LogP contribution in [0.2, 0.25) is 0 Å². The van der Waals surface area contributed by atoms with Gasteiger partial charge >= 0.3 is 18.3 Å². The second-order valence-corrected chi connectivity index (χ2v) is 9.98. The summed E-state index contributed by atoms with van der Waals surface area (Å²) in [6.45, 7) is 0.0752. The van der Waals surface area contributed by atoms with Crippen molar-refractivity contribution in [2.75, 3.05) is 39.5 Å². The molecule has 0 aliphatic rings. The molecule has 180 valence electrons. The summed E-state index contributed by atoms with van der Waals surface area (Å²) in [4.78, 5) is 10.7. The summed E-state index contributed by atoms with van der Waals surface area (Å²) in [5, 5.41) is 8.76. The van der Waals surface area contributed by atoms with Gasteiger partial charge < -0.3 is 9.59 Å². The van der Waals surface area contributed by atoms with Crippen molar-refractivity contribution in [3.8, 4) is 0 Å². The molecule has 0 amide bonds. The first-order valence-electron chi connectivity index (χ1n) is 9.02. The number of sulfonamides is 1. The molecule has 0 radical (unpaired) electrons. The Morgan fingerprint density at radius 1 is 1.07 bits per heavy atom. The Kier molecular flexibility index (Phi) is 10.0. The van der Waals surface area contributed by atoms with Crippen LogP contribution >= 0.6 is 0 Å². The smallest absolute Gasteiger partial charge is 0.422 e. The van der Waals surface area contributed by atoms with E-state index in [0.717, 1.165) is 0 Å². The normalized spacial score (nSPS) is 16.9. The molecule has 6 nitrogen and oxygen atoms in total. The molecule has 2 N–H and O–H groups in total. The molecule has 0 rings (SSSR count). The van der Waals surface area contributed by atoms with Crippen LogP contribution in [-0.4, -0.2) is 81.5 Å². The van der Waals surface area contributed by atoms with Gasteiger partial charge in [-0.1, -0.05) is 0 Å². The second-order valence-electron chi connectivity index (χ2n) is 8.06. The Labute approximate surface area is 171 Å². The van der Waals surface area contributed by atoms with Crippen molar-refractivity contribution in [2.45, 2.75) is 50.6 Å². The maximum absolute atomic E-state index is 13.6. The first-order chi connectivity index (χ1) is 13.2. The van der Waals surface area contributed by atoms with E-state index >= 15 is 0 Å². The molecule has 0 saturated carbocycles. The van der Waals surface area contributed by atoms with Crippen LogP contribution in [0.3, 0.4) is 0 Å². The number of halogens is 7. The molecule has 0 heterocycles. The predicted octanol–water partition coefficient (Wildman–Crippen LogP) is 3.10. The van der Waals surface area contributed by atoms with E-state index in [-0.39, 0.29) is 30.9 Å². The van der Waals surface area contributed by atoms with Crippen LogP contribution < -0.4 is 4.72 Å². The van der Waals surface area contributed by atoms with E-state index < -0.39 is 64.9 Å². The summed E-state index contributed by atoms with van der Waals surface area (Å²) < 4.78 is 116. The van der Waals surface area contributed by atoms with Gasteiger partial charge in [-0.15, -0.1) is 0 Å². The van der Waals surface area contributed by atoms with Gasteiger partial charge in [-0.05, 0) is 19.8 Å². The van der Waals surface area contributed by atoms with Gasteiger partial charge in [0.05, 0.1) is 32.3 Å². The molecular formula is C16H28F7N2O4S+. The van der Waals surface area contributed by atoms with E-state index in [2.05, 4.69) is 4.72 Å². The highest BCUT2D eigenvalue weighted by molar-refractivity contribution is 7.89. The van der Waals surface area contributed by atoms with E-state index in [0.29, 0.717) is 6.54 Å². The number of carboxylic acids is 1. The third-order valence-corrected chi connectivity index (χ3v) is 5.94. The topological polar surface area (TPSA) is 83.5 Å². The number of alkyl halides is 7. The molecule has 0 bridgehead atoms. The highest BCUT2D eigenvalue weighted by Crippen LogP contribution is 2.43. The number of aliphatic carboxylic acids is 1. The van der Waals surface area contributed by atoms with Gasteiger partial charge in [-0.2, -0.15) is 26.3 Å². The minimum absolute atomic E-state index is 0.0222. The fourth-order valence-corrected chi connectivity index (χ4v) is 3.88. The Morgan fingerprint density at radius 2 is 1.60 bits per heavy atom. The molecule has 2 atom stereocenters. The van der Waals surface area contributed by atoms with E-state index in [1.54, 1.807) is 14.1 Å². The molecule has 0 aliphatic carbocycles. The number of hydrogen-bond acceptors (Lipinski definition) is 3. The second kappa shape index (κ2) is 10.4. The number of carboxylic acid groups (broad SMARTS) is 1. The zero-order valence-electron chi connectivity index (χ0n) is 16.9. The van der Waals surface area contributed by atoms with Crippen molar-refractivity contribution in [3.63, 3.8) is 0 Å². The van der Waals surface area contributed by atoms with Crippen LogP contribution in [0, 0.1) is 5.92 Å². The van der Waals surface area contributed by atoms with Gasteiger partial charge in [-0.3, -0.25) is 0 Å². The lowest BCUT2D eigenvalue weighted by molar-refractivity contribution is -0.883. The molecule has 30 heavy (non-hydrogen) atoms. The summed E-state index contributed by atoms with van der Waals surface area (Å²) in [5.41, 5.74) is -4.05. The average molecular weight is 477 g/mol. The Morgan fingerprint density at radius 3 is 2.03 bits per heavy atom. The van der Waals surface area contributed by atoms with Crippen molar-refractivity contribution in [1.82, 2.24) is 4.72 Å². The Hall–Kier alpha value is -1.15. The maximum atomic E-state index is 13.6. The van der Waals surface area contributed by atoms with Crippen molar-refractivity contribution in [3.05, 3.63) is 0 Å². The molecule has 0 aliphatic heterocycles. The average Bonchev–Trinajstić information content (AvgIpc) is 2.47. The standard InChI is InChI=1S/C16H27F7N2O4S/c1-14(17,16(21,22)23)10-12(15(18,19)20)6-4-9-30(28,29)24-7-5-8-25(2,3)11-13(26)27/h12,24H,4-11H2,1-3H3/p+1. The molecule has 2 unspecified atom stereocenters. The first kappa shape index (κ1) is 28.9. The van der Waals surface area contributed by atoms with Gasteiger partial charge in [0.2, 0.25) is 15.7 Å². The maximum Gasteiger partial charge on any atom is 0.422 e. The quantitative estimate of drug-likeness (QED) is 0.243. The van der Waals surface area contributed by atoms with Crippen LogP contribution in [0.5, 0.6) is 0 Å². The van der Waals surface area contributed by atoms with Crippen molar-refractivity contribution in [2.24, 2.45) is 5.92 Å². The van der Waals surface area contributed by atoms with Gasteiger partial charge in [-0.25, -0.2) is 22.3 Å². The van der Waals surface area contributed by atoms with E-state index in [1.165, 1.54) is 0 Å². The highest BCUT2D eigenvalue weighted by atomic mass is 32.2. The number of nitrogens with one attached hydrogen (secondary N) is 1. The number of quaternary nitrogens is 1. The van der Waals surface area contributed by atoms with Crippen LogP contribution in [0.25, 0.3) is 0 Å². The lowest BCUT2D eigenvalue weighted by atomic mass is 9.89. The molecule has 0 aromatic heterocycles. The number of hydrogen-bond donors (Lipinski definition) is 2. The van der Waals surface area contributed by atoms with E-state index in [1.807, 2.05) is 0 Å². The Balaban J connectivity index is 4.64. The summed E-state index contributed by atoms with van der Waals surface area (Å²) in [5.74, 6) is -4.43. The largest absolute Gasteiger partial charge is 0.477 e. The molecule has 0 spiro atoms. The lowest BCUT2D eigenvalue weighted by Crippen LogP contribution is -2.45. The van der Waals surface area contributed by atoms with Gasteiger partial charge in [0.25, 0.3) is 0 Å². The number of rotatable bonds is 13. The van der Waals surface area contributed by atoms with Crippen LogP contribution in [0.1, 0.15) is 32.6 Å². The zero-order chi connectivity index (χ0) is 24.0. The van der Waals surface area contributed by atoms with Crippen molar-refractivity contribution in [1.29, 1.82) is 0 Å². The van der Waals surface area contributed by atoms with E-state index in [4.69, 9.17) is 5.11 Å². The SMILES string of the molecule is CC(F)(CC(CCCS(=O)(=O)NCCC[N+](C)(C)CC(=O)O)C(F)(F)F)C(F)(F)F. The number of nitrogens with zero attached hydrogens (tertiary/aromatic N) is 1. The van der Waals surface area contributed by atoms with Crippen LogP contribution in [-0.2, 0) is 14.8 Å². The minimum atomic E-state index is -5.48. The fraction of sp³-hybridized carbons (Fsp3) is 0.938.